The van der Waals surface area contributed by atoms with Crippen LogP contribution in [0.1, 0.15) is 33.6 Å². The molecule has 0 spiro atoms. The van der Waals surface area contributed by atoms with E-state index in [-0.39, 0.29) is 23.3 Å². The van der Waals surface area contributed by atoms with E-state index in [1.54, 1.807) is 18.2 Å². The van der Waals surface area contributed by atoms with E-state index in [4.69, 9.17) is 28.9 Å². The van der Waals surface area contributed by atoms with Gasteiger partial charge in [0.2, 0.25) is 5.91 Å². The molecule has 1 aromatic rings. The number of nitrogens with one attached hydrogen (secondary N) is 1. The molecule has 0 aromatic heterocycles. The van der Waals surface area contributed by atoms with Crippen molar-refractivity contribution in [2.24, 2.45) is 23.0 Å². The Morgan fingerprint density at radius 3 is 2.57 bits per heavy atom. The van der Waals surface area contributed by atoms with Crippen LogP contribution in [0.2, 0.25) is 10.0 Å². The highest BCUT2D eigenvalue weighted by molar-refractivity contribution is 6.42. The van der Waals surface area contributed by atoms with Gasteiger partial charge in [-0.25, -0.2) is 0 Å². The number of carbonyl (C=O) groups excluding carboxylic acids is 1. The van der Waals surface area contributed by atoms with Crippen molar-refractivity contribution in [1.29, 1.82) is 0 Å². The van der Waals surface area contributed by atoms with Crippen LogP contribution in [0.5, 0.6) is 0 Å². The normalized spacial score (nSPS) is 28.2. The smallest absolute Gasteiger partial charge is 0.228 e. The van der Waals surface area contributed by atoms with Crippen molar-refractivity contribution in [2.45, 2.75) is 39.7 Å². The molecule has 2 rings (SSSR count). The molecule has 3 nitrogen and oxygen atoms in total. The topological polar surface area (TPSA) is 55.1 Å². The molecule has 21 heavy (non-hydrogen) atoms. The minimum Gasteiger partial charge on any atom is -0.327 e. The van der Waals surface area contributed by atoms with Crippen LogP contribution in [0.3, 0.4) is 0 Å². The molecule has 0 bridgehead atoms. The molecule has 0 radical (unpaired) electrons. The fourth-order valence-electron chi connectivity index (χ4n) is 3.12. The van der Waals surface area contributed by atoms with Crippen LogP contribution in [-0.2, 0) is 4.79 Å². The molecule has 3 N–H and O–H groups in total. The lowest BCUT2D eigenvalue weighted by Gasteiger charge is -2.46. The van der Waals surface area contributed by atoms with Crippen LogP contribution in [0.15, 0.2) is 18.2 Å². The first kappa shape index (κ1) is 16.6. The monoisotopic (exact) mass is 328 g/mol. The number of nitrogens with two attached hydrogens (primary N) is 1. The highest BCUT2D eigenvalue weighted by Crippen LogP contribution is 2.44. The molecule has 1 amide bonds. The summed E-state index contributed by atoms with van der Waals surface area (Å²) in [4.78, 5) is 12.6. The third-order valence-electron chi connectivity index (χ3n) is 5.01. The molecule has 1 aliphatic rings. The molecule has 116 valence electrons. The van der Waals surface area contributed by atoms with Gasteiger partial charge in [0.15, 0.2) is 0 Å². The summed E-state index contributed by atoms with van der Waals surface area (Å²) < 4.78 is 0. The highest BCUT2D eigenvalue weighted by Gasteiger charge is 2.44. The van der Waals surface area contributed by atoms with Crippen LogP contribution in [0.4, 0.5) is 5.69 Å². The number of rotatable bonds is 2. The summed E-state index contributed by atoms with van der Waals surface area (Å²) in [6.07, 6.45) is 1.69. The largest absolute Gasteiger partial charge is 0.327 e. The second-order valence-electron chi connectivity index (χ2n) is 6.52. The minimum atomic E-state index is -0.127. The lowest BCUT2D eigenvalue weighted by atomic mass is 9.61. The number of amides is 1. The number of halogens is 2. The van der Waals surface area contributed by atoms with E-state index < -0.39 is 0 Å². The summed E-state index contributed by atoms with van der Waals surface area (Å²) in [6.45, 7) is 6.37. The third kappa shape index (κ3) is 3.36. The first-order chi connectivity index (χ1) is 9.73. The number of hydrogen-bond acceptors (Lipinski definition) is 2. The Bertz CT molecular complexity index is 545. The molecule has 3 atom stereocenters. The van der Waals surface area contributed by atoms with E-state index in [9.17, 15) is 4.79 Å². The molecular formula is C16H22Cl2N2O. The zero-order valence-corrected chi connectivity index (χ0v) is 14.1. The zero-order chi connectivity index (χ0) is 15.8. The molecule has 5 heteroatoms. The van der Waals surface area contributed by atoms with Gasteiger partial charge in [0.05, 0.1) is 10.0 Å². The Kier molecular flexibility index (Phi) is 4.86. The summed E-state index contributed by atoms with van der Waals surface area (Å²) in [6, 6.07) is 5.28. The van der Waals surface area contributed by atoms with Gasteiger partial charge in [-0.3, -0.25) is 4.79 Å². The van der Waals surface area contributed by atoms with Crippen molar-refractivity contribution in [1.82, 2.24) is 0 Å². The maximum absolute atomic E-state index is 12.6. The first-order valence-corrected chi connectivity index (χ1v) is 8.00. The van der Waals surface area contributed by atoms with Gasteiger partial charge in [0, 0.05) is 17.6 Å². The van der Waals surface area contributed by atoms with Crippen LogP contribution in [-0.4, -0.2) is 11.9 Å². The van der Waals surface area contributed by atoms with Crippen molar-refractivity contribution in [3.63, 3.8) is 0 Å². The molecule has 1 fully saturated rings. The molecule has 1 aliphatic carbocycles. The Morgan fingerprint density at radius 2 is 1.95 bits per heavy atom. The van der Waals surface area contributed by atoms with Gasteiger partial charge in [-0.1, -0.05) is 44.0 Å². The van der Waals surface area contributed by atoms with Gasteiger partial charge < -0.3 is 11.1 Å². The summed E-state index contributed by atoms with van der Waals surface area (Å²) in [5, 5.41) is 3.86. The average Bonchev–Trinajstić information content (AvgIpc) is 2.40. The van der Waals surface area contributed by atoms with E-state index in [0.29, 0.717) is 21.7 Å². The molecule has 3 unspecified atom stereocenters. The van der Waals surface area contributed by atoms with E-state index in [1.165, 1.54) is 0 Å². The lowest BCUT2D eigenvalue weighted by Crippen LogP contribution is -2.50. The summed E-state index contributed by atoms with van der Waals surface area (Å²) in [5.41, 5.74) is 6.69. The second kappa shape index (κ2) is 6.15. The molecule has 1 saturated carbocycles. The lowest BCUT2D eigenvalue weighted by molar-refractivity contribution is -0.127. The van der Waals surface area contributed by atoms with Crippen molar-refractivity contribution in [3.8, 4) is 0 Å². The first-order valence-electron chi connectivity index (χ1n) is 7.25. The Hall–Kier alpha value is -0.770. The summed E-state index contributed by atoms with van der Waals surface area (Å²) in [5.74, 6) is 0.273. The fourth-order valence-corrected chi connectivity index (χ4v) is 3.42. The molecular weight excluding hydrogens is 307 g/mol. The standard InChI is InChI=1S/C16H22Cl2N2O/c1-9-14(19)7-5-11(16(9,2)3)15(21)20-10-4-6-12(17)13(18)8-10/h4,6,8-9,11,14H,5,7,19H2,1-3H3,(H,20,21). The molecule has 1 aromatic carbocycles. The Morgan fingerprint density at radius 1 is 1.29 bits per heavy atom. The fraction of sp³-hybridized carbons (Fsp3) is 0.562. The number of hydrogen-bond donors (Lipinski definition) is 2. The van der Waals surface area contributed by atoms with Crippen molar-refractivity contribution >= 4 is 34.8 Å². The number of carbonyl (C=O) groups is 1. The molecule has 0 heterocycles. The maximum atomic E-state index is 12.6. The molecule has 0 saturated heterocycles. The van der Waals surface area contributed by atoms with Crippen molar-refractivity contribution < 1.29 is 4.79 Å². The third-order valence-corrected chi connectivity index (χ3v) is 5.75. The van der Waals surface area contributed by atoms with E-state index in [0.717, 1.165) is 12.8 Å². The number of anilines is 1. The predicted octanol–water partition coefficient (Wildman–Crippen LogP) is 4.33. The van der Waals surface area contributed by atoms with Gasteiger partial charge in [-0.2, -0.15) is 0 Å². The van der Waals surface area contributed by atoms with Gasteiger partial charge >= 0.3 is 0 Å². The second-order valence-corrected chi connectivity index (χ2v) is 7.34. The van der Waals surface area contributed by atoms with Crippen molar-refractivity contribution in [2.75, 3.05) is 5.32 Å². The van der Waals surface area contributed by atoms with Crippen LogP contribution < -0.4 is 11.1 Å². The SMILES string of the molecule is CC1C(N)CCC(C(=O)Nc2ccc(Cl)c(Cl)c2)C1(C)C. The van der Waals surface area contributed by atoms with E-state index >= 15 is 0 Å². The van der Waals surface area contributed by atoms with Crippen LogP contribution >= 0.6 is 23.2 Å². The summed E-state index contributed by atoms with van der Waals surface area (Å²) in [7, 11) is 0. The Balaban J connectivity index is 2.14. The zero-order valence-electron chi connectivity index (χ0n) is 12.6. The number of benzene rings is 1. The quantitative estimate of drug-likeness (QED) is 0.848. The van der Waals surface area contributed by atoms with E-state index in [2.05, 4.69) is 26.1 Å². The highest BCUT2D eigenvalue weighted by atomic mass is 35.5. The molecule has 0 aliphatic heterocycles. The predicted molar refractivity (Wildman–Crippen MR) is 88.7 cm³/mol. The van der Waals surface area contributed by atoms with Crippen LogP contribution in [0.25, 0.3) is 0 Å². The van der Waals surface area contributed by atoms with E-state index in [1.807, 2.05) is 0 Å². The van der Waals surface area contributed by atoms with Crippen molar-refractivity contribution in [3.05, 3.63) is 28.2 Å². The minimum absolute atomic E-state index is 0.0251. The van der Waals surface area contributed by atoms with Crippen LogP contribution in [0, 0.1) is 17.3 Å². The maximum Gasteiger partial charge on any atom is 0.228 e. The average molecular weight is 329 g/mol. The van der Waals surface area contributed by atoms with Gasteiger partial charge in [0.1, 0.15) is 0 Å². The Labute approximate surface area is 136 Å². The van der Waals surface area contributed by atoms with Gasteiger partial charge in [0.25, 0.3) is 0 Å². The summed E-state index contributed by atoms with van der Waals surface area (Å²) >= 11 is 11.9. The van der Waals surface area contributed by atoms with Gasteiger partial charge in [-0.15, -0.1) is 0 Å². The van der Waals surface area contributed by atoms with Gasteiger partial charge in [-0.05, 0) is 42.4 Å².